The number of furan rings is 1. The van der Waals surface area contributed by atoms with Crippen LogP contribution in [0.25, 0.3) is 173 Å². The van der Waals surface area contributed by atoms with Crippen molar-refractivity contribution in [3.8, 4) is 79.1 Å². The van der Waals surface area contributed by atoms with Crippen molar-refractivity contribution in [1.29, 1.82) is 10.5 Å². The second-order valence-corrected chi connectivity index (χ2v) is 24.5. The molecule has 5 nitrogen and oxygen atoms in total. The van der Waals surface area contributed by atoms with Gasteiger partial charge in [-0.25, -0.2) is 0 Å². The number of fused-ring (bicyclic) bond motifs is 17. The summed E-state index contributed by atoms with van der Waals surface area (Å²) in [6.45, 7) is 0. The maximum absolute atomic E-state index is 12.5. The van der Waals surface area contributed by atoms with E-state index in [2.05, 4.69) is 240 Å². The van der Waals surface area contributed by atoms with E-state index < -0.39 is 0 Å². The normalized spacial score (nSPS) is 11.9. The lowest BCUT2D eigenvalue weighted by Crippen LogP contribution is -2.11. The lowest BCUT2D eigenvalue weighted by Gasteiger charge is -2.25. The highest BCUT2D eigenvalue weighted by Crippen LogP contribution is 2.53. The second-order valence-electron chi connectivity index (χ2n) is 22.4. The van der Waals surface area contributed by atoms with Crippen LogP contribution in [0, 0.1) is 22.7 Å². The van der Waals surface area contributed by atoms with E-state index in [1.807, 2.05) is 48.5 Å². The fourth-order valence-corrected chi connectivity index (χ4v) is 16.4. The van der Waals surface area contributed by atoms with Gasteiger partial charge in [0.15, 0.2) is 0 Å². The van der Waals surface area contributed by atoms with Gasteiger partial charge in [-0.1, -0.05) is 218 Å². The van der Waals surface area contributed by atoms with Crippen LogP contribution >= 0.6 is 22.7 Å². The molecule has 0 saturated carbocycles. The van der Waals surface area contributed by atoms with E-state index in [1.165, 1.54) is 20.2 Å². The summed E-state index contributed by atoms with van der Waals surface area (Å²) in [4.78, 5) is 0. The molecule has 7 heteroatoms. The zero-order valence-corrected chi connectivity index (χ0v) is 48.1. The van der Waals surface area contributed by atoms with E-state index in [0.717, 1.165) is 136 Å². The summed E-state index contributed by atoms with van der Waals surface area (Å²) in [6, 6.07) is 100. The monoisotopic (exact) mass is 1140 g/mol. The molecule has 5 aromatic heterocycles. The minimum atomic E-state index is 0.404. The SMILES string of the molecule is N#Cc1c(-c2ccccc2)c(C#N)c(-n2c3c(ccc4c5cc(-c6ccccc6)ccc5sc43)c3ccc4c5cc(-c6ccccc6)ccc5sc4c32)c(-c2ccccc2)c1-n1c2ccccc2c2cc(-c3cccc4c3oc3ccccc34)ccc21. The predicted octanol–water partition coefficient (Wildman–Crippen LogP) is 22.6. The lowest BCUT2D eigenvalue weighted by molar-refractivity contribution is 0.670. The first kappa shape index (κ1) is 49.1. The number of nitriles is 2. The average Bonchev–Trinajstić information content (AvgIpc) is 1.64. The van der Waals surface area contributed by atoms with Crippen LogP contribution in [0.1, 0.15) is 11.1 Å². The number of aromatic nitrogens is 2. The van der Waals surface area contributed by atoms with Gasteiger partial charge in [-0.2, -0.15) is 10.5 Å². The Morgan fingerprint density at radius 2 is 0.770 bits per heavy atom. The molecule has 0 saturated heterocycles. The van der Waals surface area contributed by atoms with Gasteiger partial charge >= 0.3 is 0 Å². The third-order valence-electron chi connectivity index (χ3n) is 17.8. The molecule has 87 heavy (non-hydrogen) atoms. The molecule has 0 fully saturated rings. The smallest absolute Gasteiger partial charge is 0.143 e. The summed E-state index contributed by atoms with van der Waals surface area (Å²) in [5.41, 5.74) is 17.4. The molecule has 0 bridgehead atoms. The lowest BCUT2D eigenvalue weighted by atomic mass is 9.86. The van der Waals surface area contributed by atoms with E-state index >= 15 is 0 Å². The molecule has 0 radical (unpaired) electrons. The van der Waals surface area contributed by atoms with Crippen LogP contribution in [0.3, 0.4) is 0 Å². The molecule has 0 aliphatic carbocycles. The number of benzene rings is 13. The molecule has 0 atom stereocenters. The molecule has 18 aromatic rings. The highest BCUT2D eigenvalue weighted by atomic mass is 32.1. The Labute approximate surface area is 506 Å². The van der Waals surface area contributed by atoms with E-state index in [4.69, 9.17) is 4.42 Å². The van der Waals surface area contributed by atoms with E-state index in [0.29, 0.717) is 28.1 Å². The van der Waals surface area contributed by atoms with Gasteiger partial charge in [-0.3, -0.25) is 0 Å². The fraction of sp³-hybridized carbons (Fsp3) is 0. The van der Waals surface area contributed by atoms with Crippen LogP contribution in [0.15, 0.2) is 271 Å². The Bertz CT molecular complexity index is 5840. The third kappa shape index (κ3) is 7.22. The Morgan fingerprint density at radius 3 is 1.36 bits per heavy atom. The molecule has 0 N–H and O–H groups in total. The van der Waals surface area contributed by atoms with Gasteiger partial charge in [0.1, 0.15) is 23.3 Å². The average molecular weight is 1140 g/mol. The first-order valence-corrected chi connectivity index (χ1v) is 30.7. The van der Waals surface area contributed by atoms with Crippen molar-refractivity contribution in [1.82, 2.24) is 9.13 Å². The van der Waals surface area contributed by atoms with Gasteiger partial charge in [0.2, 0.25) is 0 Å². The quantitative estimate of drug-likeness (QED) is 0.160. The summed E-state index contributed by atoms with van der Waals surface area (Å²) >= 11 is 3.59. The predicted molar refractivity (Wildman–Crippen MR) is 365 cm³/mol. The van der Waals surface area contributed by atoms with Gasteiger partial charge in [0, 0.05) is 80.0 Å². The van der Waals surface area contributed by atoms with Crippen LogP contribution < -0.4 is 0 Å². The van der Waals surface area contributed by atoms with Crippen molar-refractivity contribution in [3.63, 3.8) is 0 Å². The number of hydrogen-bond acceptors (Lipinski definition) is 5. The molecule has 18 rings (SSSR count). The molecule has 0 aliphatic heterocycles. The summed E-state index contributed by atoms with van der Waals surface area (Å²) in [7, 11) is 0. The molecule has 0 aliphatic rings. The second kappa shape index (κ2) is 19.1. The number of thiophene rings is 2. The Kier molecular flexibility index (Phi) is 10.8. The summed E-state index contributed by atoms with van der Waals surface area (Å²) < 4.78 is 16.0. The van der Waals surface area contributed by atoms with E-state index in [1.54, 1.807) is 22.7 Å². The van der Waals surface area contributed by atoms with Crippen LogP contribution in [0.2, 0.25) is 0 Å². The molecule has 0 amide bonds. The molecule has 0 unspecified atom stereocenters. The summed E-state index contributed by atoms with van der Waals surface area (Å²) in [5, 5.41) is 35.7. The van der Waals surface area contributed by atoms with Gasteiger partial charge in [0.05, 0.1) is 54.0 Å². The molecule has 13 aromatic carbocycles. The van der Waals surface area contributed by atoms with Crippen LogP contribution in [-0.2, 0) is 0 Å². The Hall–Kier alpha value is -11.3. The van der Waals surface area contributed by atoms with Gasteiger partial charge < -0.3 is 13.6 Å². The van der Waals surface area contributed by atoms with Crippen LogP contribution in [-0.4, -0.2) is 9.13 Å². The number of para-hydroxylation sites is 3. The topological polar surface area (TPSA) is 70.6 Å². The van der Waals surface area contributed by atoms with Crippen LogP contribution in [0.5, 0.6) is 0 Å². The highest BCUT2D eigenvalue weighted by molar-refractivity contribution is 7.27. The first-order valence-electron chi connectivity index (χ1n) is 29.1. The van der Waals surface area contributed by atoms with Gasteiger partial charge in [-0.15, -0.1) is 22.7 Å². The van der Waals surface area contributed by atoms with E-state index in [9.17, 15) is 10.5 Å². The number of nitrogens with zero attached hydrogens (tertiary/aromatic N) is 4. The van der Waals surface area contributed by atoms with Crippen molar-refractivity contribution < 1.29 is 4.42 Å². The number of rotatable bonds is 7. The zero-order chi connectivity index (χ0) is 57.4. The van der Waals surface area contributed by atoms with Crippen molar-refractivity contribution in [2.45, 2.75) is 0 Å². The Balaban J connectivity index is 1.03. The van der Waals surface area contributed by atoms with Crippen molar-refractivity contribution in [2.75, 3.05) is 0 Å². The fourth-order valence-electron chi connectivity index (χ4n) is 14.0. The minimum Gasteiger partial charge on any atom is -0.455 e. The van der Waals surface area contributed by atoms with Crippen molar-refractivity contribution >= 4 is 129 Å². The molecular weight excluding hydrogens is 1100 g/mol. The zero-order valence-electron chi connectivity index (χ0n) is 46.4. The molecule has 5 heterocycles. The summed E-state index contributed by atoms with van der Waals surface area (Å²) in [6.07, 6.45) is 0. The minimum absolute atomic E-state index is 0.404. The maximum atomic E-state index is 12.5. The maximum Gasteiger partial charge on any atom is 0.143 e. The molecular formula is C80H44N4OS2. The number of hydrogen-bond donors (Lipinski definition) is 0. The largest absolute Gasteiger partial charge is 0.455 e. The standard InChI is InChI=1S/C80H44N4OS2/c81-45-65-72(49-22-9-3-10-23-49)66(46-82)75(73(50-24-11-4-12-25-50)74(65)83-67-30-15-13-26-55(67)62-44-53(32-39-68(62)83)54-28-17-29-59-56-27-14-16-31-69(56)85-78(54)59)84-76-57(35-37-60-63-42-51(47-18-5-1-6-19-47)33-40-70(63)86-79(60)76)58-36-38-61-64-43-52(48-20-7-2-8-21-48)34-41-71(64)87-80(61)77(58)84/h1-44H. The summed E-state index contributed by atoms with van der Waals surface area (Å²) in [5.74, 6) is 0. The third-order valence-corrected chi connectivity index (χ3v) is 20.2. The van der Waals surface area contributed by atoms with E-state index in [-0.39, 0.29) is 0 Å². The van der Waals surface area contributed by atoms with Gasteiger partial charge in [0.25, 0.3) is 0 Å². The van der Waals surface area contributed by atoms with Crippen LogP contribution in [0.4, 0.5) is 0 Å². The van der Waals surface area contributed by atoms with Gasteiger partial charge in [-0.05, 0) is 87.5 Å². The Morgan fingerprint density at radius 1 is 0.310 bits per heavy atom. The van der Waals surface area contributed by atoms with Crippen molar-refractivity contribution in [2.24, 2.45) is 0 Å². The molecule has 0 spiro atoms. The molecule has 402 valence electrons. The highest BCUT2D eigenvalue weighted by Gasteiger charge is 2.33. The van der Waals surface area contributed by atoms with Crippen molar-refractivity contribution in [3.05, 3.63) is 278 Å². The first-order chi connectivity index (χ1) is 43.1.